The number of amides is 1. The number of para-hydroxylation sites is 1. The Hall–Kier alpha value is -1.59. The fourth-order valence-corrected chi connectivity index (χ4v) is 3.57. The molecule has 1 amide bonds. The lowest BCUT2D eigenvalue weighted by Crippen LogP contribution is -2.44. The number of carbonyl (C=O) groups is 1. The third-order valence-electron chi connectivity index (χ3n) is 5.07. The molecule has 3 atom stereocenters. The second kappa shape index (κ2) is 6.89. The van der Waals surface area contributed by atoms with E-state index in [0.717, 1.165) is 37.2 Å². The lowest BCUT2D eigenvalue weighted by atomic mass is 10.0. The molecule has 0 radical (unpaired) electrons. The summed E-state index contributed by atoms with van der Waals surface area (Å²) in [6.45, 7) is 3.48. The van der Waals surface area contributed by atoms with Crippen LogP contribution in [0.4, 0.5) is 0 Å². The molecule has 23 heavy (non-hydrogen) atoms. The second-order valence-electron chi connectivity index (χ2n) is 6.81. The first-order chi connectivity index (χ1) is 11.0. The Morgan fingerprint density at radius 2 is 1.96 bits per heavy atom. The number of hydrogen-bond donors (Lipinski definition) is 2. The van der Waals surface area contributed by atoms with E-state index in [2.05, 4.69) is 0 Å². The van der Waals surface area contributed by atoms with Gasteiger partial charge in [0.15, 0.2) is 0 Å². The Bertz CT molecular complexity index is 545. The van der Waals surface area contributed by atoms with E-state index in [1.165, 1.54) is 0 Å². The molecule has 126 valence electrons. The van der Waals surface area contributed by atoms with Crippen LogP contribution in [0, 0.1) is 12.8 Å². The van der Waals surface area contributed by atoms with E-state index in [0.29, 0.717) is 12.8 Å². The number of aliphatic hydroxyl groups excluding tert-OH is 1. The Kier molecular flexibility index (Phi) is 4.87. The fraction of sp³-hybridized carbons (Fsp3) is 0.611. The van der Waals surface area contributed by atoms with Gasteiger partial charge in [0.25, 0.3) is 0 Å². The number of aliphatic hydroxyl groups is 1. The lowest BCUT2D eigenvalue weighted by molar-refractivity contribution is -0.137. The standard InChI is InChI=1S/C18H26N2O3/c1-12-4-2-3-5-17(12)23-14-6-8-20(9-7-14)18(22)13-10-15(19)16(21)11-13/h2-5,13-16,21H,6-11,19H2,1H3/t13-,15-,16-/m0/s1. The summed E-state index contributed by atoms with van der Waals surface area (Å²) in [7, 11) is 0. The Labute approximate surface area is 137 Å². The maximum absolute atomic E-state index is 12.5. The van der Waals surface area contributed by atoms with Crippen LogP contribution in [0.3, 0.4) is 0 Å². The molecule has 2 fully saturated rings. The molecule has 0 spiro atoms. The van der Waals surface area contributed by atoms with Gasteiger partial charge in [0.05, 0.1) is 6.10 Å². The monoisotopic (exact) mass is 318 g/mol. The molecule has 1 heterocycles. The molecule has 0 unspecified atom stereocenters. The number of hydrogen-bond acceptors (Lipinski definition) is 4. The van der Waals surface area contributed by atoms with Crippen LogP contribution in [0.25, 0.3) is 0 Å². The van der Waals surface area contributed by atoms with Gasteiger partial charge >= 0.3 is 0 Å². The number of rotatable bonds is 3. The molecular weight excluding hydrogens is 292 g/mol. The number of nitrogens with zero attached hydrogens (tertiary/aromatic N) is 1. The first-order valence-electron chi connectivity index (χ1n) is 8.49. The van der Waals surface area contributed by atoms with Crippen molar-refractivity contribution in [1.29, 1.82) is 0 Å². The number of piperidine rings is 1. The third-order valence-corrected chi connectivity index (χ3v) is 5.07. The van der Waals surface area contributed by atoms with E-state index in [1.54, 1.807) is 0 Å². The minimum absolute atomic E-state index is 0.117. The zero-order valence-corrected chi connectivity index (χ0v) is 13.6. The van der Waals surface area contributed by atoms with Gasteiger partial charge in [-0.25, -0.2) is 0 Å². The summed E-state index contributed by atoms with van der Waals surface area (Å²) in [5.41, 5.74) is 6.96. The summed E-state index contributed by atoms with van der Waals surface area (Å²) in [6.07, 6.45) is 2.42. The molecular formula is C18H26N2O3. The quantitative estimate of drug-likeness (QED) is 0.885. The molecule has 5 heteroatoms. The van der Waals surface area contributed by atoms with E-state index in [-0.39, 0.29) is 24.0 Å². The highest BCUT2D eigenvalue weighted by Crippen LogP contribution is 2.28. The third kappa shape index (κ3) is 3.67. The predicted octanol–water partition coefficient (Wildman–Crippen LogP) is 1.46. The molecule has 1 saturated heterocycles. The lowest BCUT2D eigenvalue weighted by Gasteiger charge is -2.34. The molecule has 3 rings (SSSR count). The van der Waals surface area contributed by atoms with Crippen LogP contribution < -0.4 is 10.5 Å². The van der Waals surface area contributed by atoms with Crippen LogP contribution in [-0.2, 0) is 4.79 Å². The average Bonchev–Trinajstić information content (AvgIpc) is 2.89. The van der Waals surface area contributed by atoms with Gasteiger partial charge in [-0.05, 0) is 31.4 Å². The van der Waals surface area contributed by atoms with Gasteiger partial charge < -0.3 is 20.5 Å². The van der Waals surface area contributed by atoms with E-state index in [1.807, 2.05) is 36.1 Å². The van der Waals surface area contributed by atoms with Gasteiger partial charge in [-0.3, -0.25) is 4.79 Å². The predicted molar refractivity (Wildman–Crippen MR) is 88.1 cm³/mol. The average molecular weight is 318 g/mol. The highest BCUT2D eigenvalue weighted by Gasteiger charge is 2.37. The minimum Gasteiger partial charge on any atom is -0.490 e. The zero-order chi connectivity index (χ0) is 16.4. The molecule has 2 aliphatic rings. The second-order valence-corrected chi connectivity index (χ2v) is 6.81. The molecule has 3 N–H and O–H groups in total. The number of carbonyl (C=O) groups excluding carboxylic acids is 1. The SMILES string of the molecule is Cc1ccccc1OC1CCN(C(=O)[C@H]2C[C@H](N)[C@@H](O)C2)CC1. The summed E-state index contributed by atoms with van der Waals surface area (Å²) < 4.78 is 6.08. The van der Waals surface area contributed by atoms with Crippen LogP contribution in [0.15, 0.2) is 24.3 Å². The van der Waals surface area contributed by atoms with Crippen molar-refractivity contribution in [2.45, 2.75) is 50.9 Å². The van der Waals surface area contributed by atoms with Crippen molar-refractivity contribution in [3.63, 3.8) is 0 Å². The highest BCUT2D eigenvalue weighted by molar-refractivity contribution is 5.79. The van der Waals surface area contributed by atoms with Crippen molar-refractivity contribution in [3.05, 3.63) is 29.8 Å². The van der Waals surface area contributed by atoms with Crippen molar-refractivity contribution in [3.8, 4) is 5.75 Å². The van der Waals surface area contributed by atoms with Crippen LogP contribution >= 0.6 is 0 Å². The molecule has 0 bridgehead atoms. The maximum Gasteiger partial charge on any atom is 0.225 e. The fourth-order valence-electron chi connectivity index (χ4n) is 3.57. The largest absolute Gasteiger partial charge is 0.490 e. The van der Waals surface area contributed by atoms with Crippen molar-refractivity contribution in [2.75, 3.05) is 13.1 Å². The van der Waals surface area contributed by atoms with Crippen LogP contribution in [0.1, 0.15) is 31.2 Å². The maximum atomic E-state index is 12.5. The van der Waals surface area contributed by atoms with Gasteiger partial charge in [-0.2, -0.15) is 0 Å². The highest BCUT2D eigenvalue weighted by atomic mass is 16.5. The molecule has 1 aliphatic heterocycles. The van der Waals surface area contributed by atoms with E-state index < -0.39 is 6.10 Å². The van der Waals surface area contributed by atoms with E-state index in [4.69, 9.17) is 10.5 Å². The van der Waals surface area contributed by atoms with Gasteiger partial charge in [-0.1, -0.05) is 18.2 Å². The zero-order valence-electron chi connectivity index (χ0n) is 13.6. The molecule has 1 aromatic carbocycles. The van der Waals surface area contributed by atoms with Crippen LogP contribution in [-0.4, -0.2) is 47.3 Å². The Morgan fingerprint density at radius 1 is 1.26 bits per heavy atom. The summed E-state index contributed by atoms with van der Waals surface area (Å²) in [6, 6.07) is 7.77. The number of benzene rings is 1. The molecule has 5 nitrogen and oxygen atoms in total. The van der Waals surface area contributed by atoms with E-state index in [9.17, 15) is 9.90 Å². The normalized spacial score (nSPS) is 28.8. The van der Waals surface area contributed by atoms with Crippen LogP contribution in [0.2, 0.25) is 0 Å². The van der Waals surface area contributed by atoms with Gasteiger partial charge in [0.1, 0.15) is 11.9 Å². The van der Waals surface area contributed by atoms with Gasteiger partial charge in [0.2, 0.25) is 5.91 Å². The Balaban J connectivity index is 1.51. The molecule has 1 saturated carbocycles. The number of nitrogens with two attached hydrogens (primary N) is 1. The first kappa shape index (κ1) is 16.3. The van der Waals surface area contributed by atoms with Gasteiger partial charge in [0, 0.05) is 37.9 Å². The van der Waals surface area contributed by atoms with Crippen molar-refractivity contribution < 1.29 is 14.6 Å². The van der Waals surface area contributed by atoms with Crippen molar-refractivity contribution in [1.82, 2.24) is 4.90 Å². The summed E-state index contributed by atoms with van der Waals surface area (Å²) in [5.74, 6) is 0.961. The van der Waals surface area contributed by atoms with Gasteiger partial charge in [-0.15, -0.1) is 0 Å². The van der Waals surface area contributed by atoms with Crippen LogP contribution in [0.5, 0.6) is 5.75 Å². The topological polar surface area (TPSA) is 75.8 Å². The summed E-state index contributed by atoms with van der Waals surface area (Å²) in [4.78, 5) is 14.4. The molecule has 0 aromatic heterocycles. The van der Waals surface area contributed by atoms with E-state index >= 15 is 0 Å². The van der Waals surface area contributed by atoms with Crippen molar-refractivity contribution >= 4 is 5.91 Å². The van der Waals surface area contributed by atoms with Crippen molar-refractivity contribution in [2.24, 2.45) is 11.7 Å². The summed E-state index contributed by atoms with van der Waals surface area (Å²) >= 11 is 0. The number of ether oxygens (including phenoxy) is 1. The Morgan fingerprint density at radius 3 is 2.57 bits per heavy atom. The summed E-state index contributed by atoms with van der Waals surface area (Å²) in [5, 5.41) is 9.73. The number of aryl methyl sites for hydroxylation is 1. The minimum atomic E-state index is -0.536. The number of likely N-dealkylation sites (tertiary alicyclic amines) is 1. The molecule has 1 aromatic rings. The molecule has 1 aliphatic carbocycles. The first-order valence-corrected chi connectivity index (χ1v) is 8.49. The smallest absolute Gasteiger partial charge is 0.225 e.